The van der Waals surface area contributed by atoms with Crippen LogP contribution in [0.3, 0.4) is 0 Å². The van der Waals surface area contributed by atoms with Crippen molar-refractivity contribution in [2.45, 2.75) is 17.8 Å². The number of hydrogen-bond donors (Lipinski definition) is 1. The first-order chi connectivity index (χ1) is 15.8. The Labute approximate surface area is 197 Å². The Morgan fingerprint density at radius 2 is 1.27 bits per heavy atom. The SMILES string of the molecule is OC1CSc2n(-c3ccccc3)c(-c3ccccc3)c(-c3ccccc3)[n+]2C1.[O-][Cl+3]([O-])([O-])[O-]. The van der Waals surface area contributed by atoms with Gasteiger partial charge in [-0.3, -0.25) is 0 Å². The van der Waals surface area contributed by atoms with Crippen LogP contribution < -0.4 is 23.2 Å². The van der Waals surface area contributed by atoms with Crippen LogP contribution in [0.1, 0.15) is 0 Å². The minimum absolute atomic E-state index is 0.347. The van der Waals surface area contributed by atoms with Crippen LogP contribution in [0.2, 0.25) is 0 Å². The van der Waals surface area contributed by atoms with Crippen molar-refractivity contribution in [2.24, 2.45) is 0 Å². The molecule has 1 N–H and O–H groups in total. The van der Waals surface area contributed by atoms with Crippen molar-refractivity contribution < 1.29 is 38.6 Å². The first-order valence-electron chi connectivity index (χ1n) is 10.1. The van der Waals surface area contributed by atoms with Crippen LogP contribution in [0.15, 0.2) is 96.2 Å². The third kappa shape index (κ3) is 5.63. The van der Waals surface area contributed by atoms with Gasteiger partial charge < -0.3 is 5.11 Å². The molecule has 2 heterocycles. The molecule has 1 atom stereocenters. The minimum atomic E-state index is -4.94. The summed E-state index contributed by atoms with van der Waals surface area (Å²) in [6, 6.07) is 31.5. The van der Waals surface area contributed by atoms with Crippen LogP contribution >= 0.6 is 11.8 Å². The van der Waals surface area contributed by atoms with Gasteiger partial charge in [0.1, 0.15) is 18.3 Å². The largest absolute Gasteiger partial charge is 0.388 e. The van der Waals surface area contributed by atoms with Gasteiger partial charge in [-0.15, -0.1) is 10.2 Å². The van der Waals surface area contributed by atoms with Crippen molar-refractivity contribution in [1.82, 2.24) is 4.57 Å². The average molecular weight is 485 g/mol. The highest BCUT2D eigenvalue weighted by Gasteiger charge is 2.37. The van der Waals surface area contributed by atoms with E-state index >= 15 is 0 Å². The van der Waals surface area contributed by atoms with Crippen LogP contribution in [0, 0.1) is 10.2 Å². The number of aromatic nitrogens is 2. The molecule has 5 rings (SSSR count). The number of benzene rings is 3. The molecule has 1 aliphatic rings. The van der Waals surface area contributed by atoms with E-state index < -0.39 is 10.2 Å². The molecule has 3 aromatic carbocycles. The highest BCUT2D eigenvalue weighted by atomic mass is 35.7. The van der Waals surface area contributed by atoms with Gasteiger partial charge in [0.2, 0.25) is 0 Å². The van der Waals surface area contributed by atoms with Crippen molar-refractivity contribution in [3.8, 4) is 28.2 Å². The van der Waals surface area contributed by atoms with Crippen molar-refractivity contribution in [1.29, 1.82) is 0 Å². The Morgan fingerprint density at radius 1 is 0.788 bits per heavy atom. The van der Waals surface area contributed by atoms with E-state index in [2.05, 4.69) is 81.9 Å². The quantitative estimate of drug-likeness (QED) is 0.402. The number of hydrogen-bond acceptors (Lipinski definition) is 6. The highest BCUT2D eigenvalue weighted by molar-refractivity contribution is 7.99. The molecule has 0 bridgehead atoms. The van der Waals surface area contributed by atoms with Gasteiger partial charge in [-0.2, -0.15) is 4.57 Å². The summed E-state index contributed by atoms with van der Waals surface area (Å²) >= 11 is 1.72. The van der Waals surface area contributed by atoms with Crippen molar-refractivity contribution in [2.75, 3.05) is 5.75 Å². The molecule has 0 fully saturated rings. The van der Waals surface area contributed by atoms with E-state index in [1.54, 1.807) is 11.8 Å². The Kier molecular flexibility index (Phi) is 7.16. The van der Waals surface area contributed by atoms with E-state index in [0.717, 1.165) is 27.8 Å². The fourth-order valence-corrected chi connectivity index (χ4v) is 4.95. The monoisotopic (exact) mass is 484 g/mol. The predicted octanol–water partition coefficient (Wildman–Crippen LogP) is -0.191. The van der Waals surface area contributed by atoms with E-state index in [9.17, 15) is 5.11 Å². The minimum Gasteiger partial charge on any atom is -0.388 e. The number of imidazole rings is 1. The van der Waals surface area contributed by atoms with E-state index in [0.29, 0.717) is 12.3 Å². The van der Waals surface area contributed by atoms with Gasteiger partial charge in [0.15, 0.2) is 11.4 Å². The van der Waals surface area contributed by atoms with Gasteiger partial charge in [-0.1, -0.05) is 78.9 Å². The Morgan fingerprint density at radius 3 is 1.82 bits per heavy atom. The van der Waals surface area contributed by atoms with Crippen LogP contribution in [0.25, 0.3) is 28.2 Å². The zero-order valence-corrected chi connectivity index (χ0v) is 19.0. The Hall–Kier alpha value is -2.69. The van der Waals surface area contributed by atoms with Crippen molar-refractivity contribution in [3.05, 3.63) is 91.0 Å². The van der Waals surface area contributed by atoms with Gasteiger partial charge in [-0.05, 0) is 23.9 Å². The molecule has 0 radical (unpaired) electrons. The summed E-state index contributed by atoms with van der Waals surface area (Å²) in [5.41, 5.74) is 5.77. The first-order valence-corrected chi connectivity index (χ1v) is 12.3. The van der Waals surface area contributed by atoms with E-state index in [1.165, 1.54) is 5.56 Å². The van der Waals surface area contributed by atoms with Gasteiger partial charge in [-0.25, -0.2) is 23.2 Å². The summed E-state index contributed by atoms with van der Waals surface area (Å²) in [6.07, 6.45) is -0.347. The fourth-order valence-electron chi connectivity index (χ4n) is 3.86. The molecule has 1 aliphatic heterocycles. The number of para-hydroxylation sites is 1. The molecule has 0 saturated heterocycles. The number of aliphatic hydroxyl groups excluding tert-OH is 1. The topological polar surface area (TPSA) is 121 Å². The standard InChI is InChI=1S/C24H21N2OS.ClHO4/c27-21-16-25-22(18-10-4-1-5-11-18)23(19-12-6-2-7-13-19)26(24(25)28-17-21)20-14-8-3-9-15-20;2-1(3,4)5/h1-15,21,27H,16-17H2;(H,2,3,4,5)/q+1;/p-1. The Bertz CT molecular complexity index is 1190. The van der Waals surface area contributed by atoms with Gasteiger partial charge >= 0.3 is 5.16 Å². The maximum atomic E-state index is 10.4. The molecule has 0 aliphatic carbocycles. The summed E-state index contributed by atoms with van der Waals surface area (Å²) < 4.78 is 38.6. The second-order valence-electron chi connectivity index (χ2n) is 7.34. The summed E-state index contributed by atoms with van der Waals surface area (Å²) in [7, 11) is -4.94. The normalized spacial score (nSPS) is 15.4. The predicted molar refractivity (Wildman–Crippen MR) is 114 cm³/mol. The molecule has 0 saturated carbocycles. The van der Waals surface area contributed by atoms with E-state index in [1.807, 2.05) is 18.2 Å². The molecule has 7 nitrogen and oxygen atoms in total. The highest BCUT2D eigenvalue weighted by Crippen LogP contribution is 2.38. The Balaban J connectivity index is 0.000000471. The second-order valence-corrected chi connectivity index (χ2v) is 9.08. The number of aliphatic hydroxyl groups is 1. The summed E-state index contributed by atoms with van der Waals surface area (Å²) in [4.78, 5) is 0. The third-order valence-corrected chi connectivity index (χ3v) is 6.26. The lowest BCUT2D eigenvalue weighted by atomic mass is 10.0. The molecule has 9 heteroatoms. The lowest BCUT2D eigenvalue weighted by molar-refractivity contribution is -2.00. The maximum absolute atomic E-state index is 10.4. The molecular formula is C24H21ClN2O5S. The summed E-state index contributed by atoms with van der Waals surface area (Å²) in [5.74, 6) is 0.708. The van der Waals surface area contributed by atoms with E-state index in [-0.39, 0.29) is 6.10 Å². The molecule has 0 amide bonds. The molecule has 0 spiro atoms. The van der Waals surface area contributed by atoms with Gasteiger partial charge in [0.05, 0.1) is 0 Å². The zero-order chi connectivity index (χ0) is 23.4. The smallest absolute Gasteiger partial charge is 0.324 e. The molecule has 4 aromatic rings. The summed E-state index contributed by atoms with van der Waals surface area (Å²) in [6.45, 7) is 0.603. The second kappa shape index (κ2) is 10.1. The van der Waals surface area contributed by atoms with Crippen molar-refractivity contribution in [3.63, 3.8) is 0 Å². The lowest BCUT2D eigenvalue weighted by Gasteiger charge is -2.17. The van der Waals surface area contributed by atoms with Crippen LogP contribution in [-0.4, -0.2) is 21.5 Å². The van der Waals surface area contributed by atoms with Crippen LogP contribution in [0.4, 0.5) is 0 Å². The average Bonchev–Trinajstić information content (AvgIpc) is 3.14. The first kappa shape index (κ1) is 23.5. The molecule has 1 aromatic heterocycles. The number of nitrogens with zero attached hydrogens (tertiary/aromatic N) is 2. The zero-order valence-electron chi connectivity index (χ0n) is 17.4. The number of fused-ring (bicyclic) bond motifs is 1. The van der Waals surface area contributed by atoms with E-state index in [4.69, 9.17) is 18.6 Å². The third-order valence-electron chi connectivity index (χ3n) is 5.05. The van der Waals surface area contributed by atoms with Gasteiger partial charge in [0.25, 0.3) is 0 Å². The van der Waals surface area contributed by atoms with Crippen LogP contribution in [-0.2, 0) is 6.54 Å². The number of thioether (sulfide) groups is 1. The molecule has 1 unspecified atom stereocenters. The van der Waals surface area contributed by atoms with Gasteiger partial charge in [0, 0.05) is 16.9 Å². The fraction of sp³-hybridized carbons (Fsp3) is 0.125. The molecule has 33 heavy (non-hydrogen) atoms. The van der Waals surface area contributed by atoms with Crippen LogP contribution in [0.5, 0.6) is 0 Å². The summed E-state index contributed by atoms with van der Waals surface area (Å²) in [5, 5.41) is 11.6. The number of halogens is 1. The molecule has 170 valence electrons. The number of rotatable bonds is 3. The van der Waals surface area contributed by atoms with Crippen molar-refractivity contribution >= 4 is 11.8 Å². The maximum Gasteiger partial charge on any atom is 0.324 e. The lowest BCUT2D eigenvalue weighted by Crippen LogP contribution is -2.68. The molecular weight excluding hydrogens is 464 g/mol.